The second kappa shape index (κ2) is 9.17. The van der Waals surface area contributed by atoms with Gasteiger partial charge >= 0.3 is 0 Å². The van der Waals surface area contributed by atoms with Gasteiger partial charge in [0.05, 0.1) is 11.6 Å². The second-order valence-corrected chi connectivity index (χ2v) is 6.52. The molecule has 0 atom stereocenters. The largest absolute Gasteiger partial charge is 0.392 e. The Hall–Kier alpha value is -1.63. The van der Waals surface area contributed by atoms with Crippen molar-refractivity contribution >= 4 is 35.8 Å². The van der Waals surface area contributed by atoms with Gasteiger partial charge in [0.2, 0.25) is 0 Å². The van der Waals surface area contributed by atoms with Gasteiger partial charge in [-0.2, -0.15) is 0 Å². The van der Waals surface area contributed by atoms with Gasteiger partial charge in [0.25, 0.3) is 0 Å². The molecule has 0 aliphatic heterocycles. The molecule has 1 aromatic carbocycles. The summed E-state index contributed by atoms with van der Waals surface area (Å²) < 4.78 is 0. The lowest BCUT2D eigenvalue weighted by Gasteiger charge is -2.13. The van der Waals surface area contributed by atoms with E-state index < -0.39 is 0 Å². The van der Waals surface area contributed by atoms with Crippen molar-refractivity contribution in [3.05, 3.63) is 71.1 Å². The summed E-state index contributed by atoms with van der Waals surface area (Å²) in [6.45, 7) is 0.295. The molecule has 130 valence electrons. The second-order valence-electron chi connectivity index (χ2n) is 5.11. The summed E-state index contributed by atoms with van der Waals surface area (Å²) >= 11 is 7.95. The average Bonchev–Trinajstić information content (AvgIpc) is 2.64. The Labute approximate surface area is 161 Å². The van der Waals surface area contributed by atoms with Crippen molar-refractivity contribution in [2.75, 3.05) is 0 Å². The molecule has 25 heavy (non-hydrogen) atoms. The first-order chi connectivity index (χ1) is 11.7. The minimum Gasteiger partial charge on any atom is -0.392 e. The molecule has 2 heterocycles. The van der Waals surface area contributed by atoms with Crippen LogP contribution in [0.1, 0.15) is 11.1 Å². The molecule has 0 radical (unpaired) electrons. The van der Waals surface area contributed by atoms with Crippen molar-refractivity contribution in [2.45, 2.75) is 23.1 Å². The number of nitrogens with two attached hydrogens (primary N) is 1. The van der Waals surface area contributed by atoms with Crippen LogP contribution < -0.4 is 5.73 Å². The summed E-state index contributed by atoms with van der Waals surface area (Å²) in [5.74, 6) is 0. The molecule has 0 amide bonds. The summed E-state index contributed by atoms with van der Waals surface area (Å²) in [6, 6.07) is 11.5. The molecule has 0 aliphatic rings. The van der Waals surface area contributed by atoms with Crippen molar-refractivity contribution in [3.8, 4) is 11.1 Å². The molecular weight excluding hydrogens is 377 g/mol. The molecular formula is C18H17Cl2N3OS. The minimum absolute atomic E-state index is 0. The molecule has 2 aromatic heterocycles. The highest BCUT2D eigenvalue weighted by molar-refractivity contribution is 7.99. The molecule has 0 saturated heterocycles. The lowest BCUT2D eigenvalue weighted by molar-refractivity contribution is 0.278. The average molecular weight is 394 g/mol. The van der Waals surface area contributed by atoms with Crippen molar-refractivity contribution in [1.29, 1.82) is 0 Å². The number of aliphatic hydroxyl groups excluding tert-OH is 1. The SMILES string of the molecule is Cl.NCc1cc(-c2ccncc2)cc(Cl)c1Sc1ncccc1CO. The van der Waals surface area contributed by atoms with Crippen LogP contribution in [0.2, 0.25) is 5.02 Å². The Morgan fingerprint density at radius 1 is 1.04 bits per heavy atom. The van der Waals surface area contributed by atoms with Gasteiger partial charge in [0, 0.05) is 35.6 Å². The Kier molecular flexibility index (Phi) is 7.23. The fourth-order valence-electron chi connectivity index (χ4n) is 2.36. The smallest absolute Gasteiger partial charge is 0.106 e. The lowest BCUT2D eigenvalue weighted by Crippen LogP contribution is -2.00. The molecule has 3 aromatic rings. The van der Waals surface area contributed by atoms with Crippen molar-refractivity contribution < 1.29 is 5.11 Å². The fourth-order valence-corrected chi connectivity index (χ4v) is 3.72. The standard InChI is InChI=1S/C18H16ClN3OS.ClH/c19-16-9-14(12-3-6-21-7-4-12)8-15(10-20)17(16)24-18-13(11-23)2-1-5-22-18;/h1-9,23H,10-11,20H2;1H. The van der Waals surface area contributed by atoms with E-state index >= 15 is 0 Å². The topological polar surface area (TPSA) is 72.0 Å². The van der Waals surface area contributed by atoms with Gasteiger partial charge in [-0.3, -0.25) is 4.98 Å². The van der Waals surface area contributed by atoms with E-state index in [4.69, 9.17) is 17.3 Å². The Morgan fingerprint density at radius 2 is 1.80 bits per heavy atom. The quantitative estimate of drug-likeness (QED) is 0.674. The van der Waals surface area contributed by atoms with Gasteiger partial charge in [0.15, 0.2) is 0 Å². The maximum absolute atomic E-state index is 9.47. The number of aromatic nitrogens is 2. The highest BCUT2D eigenvalue weighted by atomic mass is 35.5. The van der Waals surface area contributed by atoms with Crippen molar-refractivity contribution in [2.24, 2.45) is 5.73 Å². The maximum atomic E-state index is 9.47. The van der Waals surface area contributed by atoms with Gasteiger partial charge in [-0.15, -0.1) is 12.4 Å². The summed E-state index contributed by atoms with van der Waals surface area (Å²) in [7, 11) is 0. The summed E-state index contributed by atoms with van der Waals surface area (Å²) in [4.78, 5) is 9.24. The van der Waals surface area contributed by atoms with Gasteiger partial charge in [-0.25, -0.2) is 4.98 Å². The lowest BCUT2D eigenvalue weighted by atomic mass is 10.0. The third-order valence-electron chi connectivity index (χ3n) is 3.57. The molecule has 4 nitrogen and oxygen atoms in total. The number of hydrogen-bond donors (Lipinski definition) is 2. The molecule has 0 bridgehead atoms. The molecule has 3 rings (SSSR count). The highest BCUT2D eigenvalue weighted by Gasteiger charge is 2.14. The van der Waals surface area contributed by atoms with Crippen LogP contribution in [-0.2, 0) is 13.2 Å². The minimum atomic E-state index is -0.0686. The predicted molar refractivity (Wildman–Crippen MR) is 104 cm³/mol. The first kappa shape index (κ1) is 19.7. The molecule has 0 fully saturated rings. The summed E-state index contributed by atoms with van der Waals surface area (Å²) in [6.07, 6.45) is 5.19. The van der Waals surface area contributed by atoms with E-state index in [9.17, 15) is 5.11 Å². The third kappa shape index (κ3) is 4.51. The van der Waals surface area contributed by atoms with Crippen molar-refractivity contribution in [3.63, 3.8) is 0 Å². The number of hydrogen-bond acceptors (Lipinski definition) is 5. The Bertz CT molecular complexity index is 847. The van der Waals surface area contributed by atoms with E-state index in [2.05, 4.69) is 9.97 Å². The highest BCUT2D eigenvalue weighted by Crippen LogP contribution is 2.39. The van der Waals surface area contributed by atoms with Crippen LogP contribution in [0.5, 0.6) is 0 Å². The predicted octanol–water partition coefficient (Wildman–Crippen LogP) is 4.32. The monoisotopic (exact) mass is 393 g/mol. The van der Waals surface area contributed by atoms with Crippen LogP contribution in [0.15, 0.2) is 64.9 Å². The van der Waals surface area contributed by atoms with Crippen LogP contribution in [0.25, 0.3) is 11.1 Å². The van der Waals surface area contributed by atoms with Gasteiger partial charge in [-0.05, 0) is 47.0 Å². The Balaban J connectivity index is 0.00000225. The number of pyridine rings is 2. The van der Waals surface area contributed by atoms with E-state index in [1.165, 1.54) is 11.8 Å². The van der Waals surface area contributed by atoms with Crippen LogP contribution in [0.4, 0.5) is 0 Å². The van der Waals surface area contributed by atoms with Crippen molar-refractivity contribution in [1.82, 2.24) is 9.97 Å². The van der Waals surface area contributed by atoms with Crippen LogP contribution in [-0.4, -0.2) is 15.1 Å². The maximum Gasteiger partial charge on any atom is 0.106 e. The molecule has 0 saturated carbocycles. The molecule has 7 heteroatoms. The number of nitrogens with zero attached hydrogens (tertiary/aromatic N) is 2. The Morgan fingerprint density at radius 3 is 2.48 bits per heavy atom. The summed E-state index contributed by atoms with van der Waals surface area (Å²) in [5.41, 5.74) is 9.67. The van der Waals surface area contributed by atoms with E-state index in [0.717, 1.165) is 32.2 Å². The van der Waals surface area contributed by atoms with E-state index in [-0.39, 0.29) is 19.0 Å². The van der Waals surface area contributed by atoms with E-state index in [1.54, 1.807) is 24.7 Å². The van der Waals surface area contributed by atoms with Crippen LogP contribution in [0, 0.1) is 0 Å². The molecule has 3 N–H and O–H groups in total. The third-order valence-corrected chi connectivity index (χ3v) is 5.23. The normalized spacial score (nSPS) is 10.4. The number of halogens is 2. The zero-order valence-corrected chi connectivity index (χ0v) is 15.6. The van der Waals surface area contributed by atoms with Gasteiger partial charge in [-0.1, -0.05) is 29.4 Å². The van der Waals surface area contributed by atoms with Gasteiger partial charge < -0.3 is 10.8 Å². The molecule has 0 spiro atoms. The van der Waals surface area contributed by atoms with Crippen LogP contribution >= 0.6 is 35.8 Å². The first-order valence-electron chi connectivity index (χ1n) is 7.38. The number of aliphatic hydroxyl groups is 1. The summed E-state index contributed by atoms with van der Waals surface area (Å²) in [5, 5.41) is 10.8. The number of rotatable bonds is 5. The molecule has 0 unspecified atom stereocenters. The van der Waals surface area contributed by atoms with E-state index in [1.807, 2.05) is 30.3 Å². The zero-order valence-electron chi connectivity index (χ0n) is 13.2. The molecule has 0 aliphatic carbocycles. The zero-order chi connectivity index (χ0) is 16.9. The van der Waals surface area contributed by atoms with Gasteiger partial charge in [0.1, 0.15) is 5.03 Å². The first-order valence-corrected chi connectivity index (χ1v) is 8.58. The number of benzene rings is 1. The van der Waals surface area contributed by atoms with E-state index in [0.29, 0.717) is 11.6 Å². The fraction of sp³-hybridized carbons (Fsp3) is 0.111. The van der Waals surface area contributed by atoms with Crippen LogP contribution in [0.3, 0.4) is 0 Å².